The Morgan fingerprint density at radius 1 is 1.30 bits per heavy atom. The summed E-state index contributed by atoms with van der Waals surface area (Å²) >= 11 is 5.96. The number of para-hydroxylation sites is 1. The molecule has 0 saturated carbocycles. The van der Waals surface area contributed by atoms with Crippen LogP contribution in [0.1, 0.15) is 24.0 Å². The predicted octanol–water partition coefficient (Wildman–Crippen LogP) is 3.29. The summed E-state index contributed by atoms with van der Waals surface area (Å²) in [5.74, 6) is -0.726. The number of carboxylic acid groups (broad SMARTS) is 1. The van der Waals surface area contributed by atoms with E-state index in [2.05, 4.69) is 0 Å². The van der Waals surface area contributed by atoms with Gasteiger partial charge in [-0.25, -0.2) is 8.42 Å². The van der Waals surface area contributed by atoms with Gasteiger partial charge in [-0.15, -0.1) is 0 Å². The van der Waals surface area contributed by atoms with Crippen molar-refractivity contribution in [1.29, 1.82) is 0 Å². The molecule has 1 unspecified atom stereocenters. The van der Waals surface area contributed by atoms with E-state index in [0.29, 0.717) is 31.0 Å². The first-order valence-corrected chi connectivity index (χ1v) is 11.3. The fourth-order valence-electron chi connectivity index (χ4n) is 3.12. The van der Waals surface area contributed by atoms with Gasteiger partial charge in [0.15, 0.2) is 0 Å². The predicted molar refractivity (Wildman–Crippen MR) is 116 cm³/mol. The normalized spacial score (nSPS) is 17.0. The van der Waals surface area contributed by atoms with Gasteiger partial charge in [-0.3, -0.25) is 4.79 Å². The van der Waals surface area contributed by atoms with Gasteiger partial charge in [0, 0.05) is 30.2 Å². The lowest BCUT2D eigenvalue weighted by Gasteiger charge is -2.29. The number of hydrogen-bond acceptors (Lipinski definition) is 5. The van der Waals surface area contributed by atoms with Gasteiger partial charge in [0.25, 0.3) is 0 Å². The van der Waals surface area contributed by atoms with Crippen LogP contribution in [0.4, 0.5) is 0 Å². The Morgan fingerprint density at radius 3 is 2.57 bits per heavy atom. The number of ether oxygens (including phenoxy) is 1. The average molecular weight is 455 g/mol. The van der Waals surface area contributed by atoms with Crippen LogP contribution in [0.15, 0.2) is 47.4 Å². The van der Waals surface area contributed by atoms with Crippen molar-refractivity contribution in [3.8, 4) is 5.75 Å². The molecule has 2 aromatic carbocycles. The SMILES string of the molecule is COc1ccccc1CN.Cc1ccc(S(=O)(=O)N2CCCC(C(=O)O)C2)cc1Cl. The summed E-state index contributed by atoms with van der Waals surface area (Å²) in [6.45, 7) is 2.69. The number of carboxylic acids is 1. The van der Waals surface area contributed by atoms with Crippen molar-refractivity contribution in [3.63, 3.8) is 0 Å². The molecule has 3 rings (SSSR count). The van der Waals surface area contributed by atoms with E-state index in [1.807, 2.05) is 24.3 Å². The summed E-state index contributed by atoms with van der Waals surface area (Å²) in [5, 5.41) is 9.42. The quantitative estimate of drug-likeness (QED) is 0.717. The third kappa shape index (κ3) is 5.95. The number of carbonyl (C=O) groups is 1. The van der Waals surface area contributed by atoms with Crippen LogP contribution in [0, 0.1) is 12.8 Å². The zero-order valence-electron chi connectivity index (χ0n) is 17.0. The van der Waals surface area contributed by atoms with Crippen molar-refractivity contribution in [1.82, 2.24) is 4.31 Å². The Bertz CT molecular complexity index is 958. The Balaban J connectivity index is 0.000000269. The van der Waals surface area contributed by atoms with Crippen molar-refractivity contribution in [2.75, 3.05) is 20.2 Å². The van der Waals surface area contributed by atoms with Gasteiger partial charge in [-0.1, -0.05) is 35.9 Å². The molecule has 0 spiro atoms. The molecule has 7 nitrogen and oxygen atoms in total. The van der Waals surface area contributed by atoms with Crippen molar-refractivity contribution in [2.24, 2.45) is 11.7 Å². The van der Waals surface area contributed by atoms with Crippen LogP contribution in [0.2, 0.25) is 5.02 Å². The molecule has 3 N–H and O–H groups in total. The lowest BCUT2D eigenvalue weighted by Crippen LogP contribution is -2.42. The van der Waals surface area contributed by atoms with E-state index in [1.54, 1.807) is 20.1 Å². The maximum Gasteiger partial charge on any atom is 0.307 e. The molecule has 0 radical (unpaired) electrons. The summed E-state index contributed by atoms with van der Waals surface area (Å²) < 4.78 is 31.3. The van der Waals surface area contributed by atoms with Crippen LogP contribution >= 0.6 is 11.6 Å². The van der Waals surface area contributed by atoms with E-state index in [-0.39, 0.29) is 11.4 Å². The van der Waals surface area contributed by atoms with Gasteiger partial charge < -0.3 is 15.6 Å². The van der Waals surface area contributed by atoms with Crippen molar-refractivity contribution < 1.29 is 23.1 Å². The molecule has 1 atom stereocenters. The first kappa shape index (κ1) is 24.1. The van der Waals surface area contributed by atoms with Gasteiger partial charge in [0.1, 0.15) is 5.75 Å². The highest BCUT2D eigenvalue weighted by Gasteiger charge is 2.33. The van der Waals surface area contributed by atoms with Gasteiger partial charge in [-0.05, 0) is 43.5 Å². The van der Waals surface area contributed by atoms with Crippen molar-refractivity contribution in [3.05, 3.63) is 58.6 Å². The zero-order chi connectivity index (χ0) is 22.3. The van der Waals surface area contributed by atoms with Crippen molar-refractivity contribution >= 4 is 27.6 Å². The number of nitrogens with two attached hydrogens (primary N) is 1. The first-order valence-electron chi connectivity index (χ1n) is 9.51. The van der Waals surface area contributed by atoms with E-state index in [9.17, 15) is 13.2 Å². The third-order valence-corrected chi connectivity index (χ3v) is 7.20. The van der Waals surface area contributed by atoms with E-state index in [0.717, 1.165) is 16.9 Å². The van der Waals surface area contributed by atoms with Crippen LogP contribution in [0.5, 0.6) is 5.75 Å². The van der Waals surface area contributed by atoms with Crippen molar-refractivity contribution in [2.45, 2.75) is 31.2 Å². The van der Waals surface area contributed by atoms with E-state index < -0.39 is 21.9 Å². The van der Waals surface area contributed by atoms with Gasteiger partial charge >= 0.3 is 5.97 Å². The molecule has 1 fully saturated rings. The van der Waals surface area contributed by atoms with Crippen LogP contribution < -0.4 is 10.5 Å². The molecular formula is C21H27ClN2O5S. The monoisotopic (exact) mass is 454 g/mol. The van der Waals surface area contributed by atoms with E-state index >= 15 is 0 Å². The number of aliphatic carboxylic acids is 1. The largest absolute Gasteiger partial charge is 0.496 e. The molecule has 1 aliphatic heterocycles. The summed E-state index contributed by atoms with van der Waals surface area (Å²) in [5.41, 5.74) is 7.29. The Kier molecular flexibility index (Phi) is 8.66. The lowest BCUT2D eigenvalue weighted by atomic mass is 10.0. The fourth-order valence-corrected chi connectivity index (χ4v) is 4.91. The molecule has 0 amide bonds. The number of halogens is 1. The molecule has 2 aromatic rings. The maximum atomic E-state index is 12.5. The molecule has 1 aliphatic rings. The summed E-state index contributed by atoms with van der Waals surface area (Å²) in [4.78, 5) is 11.1. The standard InChI is InChI=1S/C13H16ClNO4S.C8H11NO/c1-9-4-5-11(7-12(9)14)20(18,19)15-6-2-3-10(8-15)13(16)17;1-10-8-5-3-2-4-7(8)6-9/h4-5,7,10H,2-3,6,8H2,1H3,(H,16,17);2-5H,6,9H2,1H3. The minimum atomic E-state index is -3.68. The number of hydrogen-bond donors (Lipinski definition) is 2. The molecule has 164 valence electrons. The number of rotatable bonds is 5. The maximum absolute atomic E-state index is 12.5. The van der Waals surface area contributed by atoms with Crippen LogP contribution in [-0.2, 0) is 21.4 Å². The molecule has 0 aliphatic carbocycles. The third-order valence-electron chi connectivity index (χ3n) is 4.93. The minimum Gasteiger partial charge on any atom is -0.496 e. The van der Waals surface area contributed by atoms with E-state index in [1.165, 1.54) is 16.4 Å². The smallest absolute Gasteiger partial charge is 0.307 e. The second-order valence-corrected chi connectivity index (χ2v) is 9.31. The Labute approximate surface area is 182 Å². The molecule has 30 heavy (non-hydrogen) atoms. The second kappa shape index (κ2) is 10.8. The zero-order valence-corrected chi connectivity index (χ0v) is 18.6. The highest BCUT2D eigenvalue weighted by molar-refractivity contribution is 7.89. The van der Waals surface area contributed by atoms with Gasteiger partial charge in [0.05, 0.1) is 17.9 Å². The van der Waals surface area contributed by atoms with Crippen LogP contribution in [0.3, 0.4) is 0 Å². The molecular weight excluding hydrogens is 428 g/mol. The summed E-state index contributed by atoms with van der Waals surface area (Å²) in [6, 6.07) is 12.3. The van der Waals surface area contributed by atoms with Gasteiger partial charge in [-0.2, -0.15) is 4.31 Å². The lowest BCUT2D eigenvalue weighted by molar-refractivity contribution is -0.142. The van der Waals surface area contributed by atoms with Crippen LogP contribution in [0.25, 0.3) is 0 Å². The number of methoxy groups -OCH3 is 1. The average Bonchev–Trinajstić information content (AvgIpc) is 2.76. The number of sulfonamides is 1. The van der Waals surface area contributed by atoms with E-state index in [4.69, 9.17) is 27.2 Å². The second-order valence-electron chi connectivity index (χ2n) is 6.97. The van der Waals surface area contributed by atoms with Gasteiger partial charge in [0.2, 0.25) is 10.0 Å². The molecule has 9 heteroatoms. The Morgan fingerprint density at radius 2 is 2.00 bits per heavy atom. The number of nitrogens with zero attached hydrogens (tertiary/aromatic N) is 1. The number of piperidine rings is 1. The fraction of sp³-hybridized carbons (Fsp3) is 0.381. The molecule has 1 heterocycles. The molecule has 0 bridgehead atoms. The molecule has 0 aromatic heterocycles. The van der Waals surface area contributed by atoms with Crippen LogP contribution in [-0.4, -0.2) is 44.0 Å². The minimum absolute atomic E-state index is 0.0170. The Hall–Kier alpha value is -2.13. The summed E-state index contributed by atoms with van der Waals surface area (Å²) in [6.07, 6.45) is 1.06. The highest BCUT2D eigenvalue weighted by atomic mass is 35.5. The molecule has 1 saturated heterocycles. The highest BCUT2D eigenvalue weighted by Crippen LogP contribution is 2.26. The number of aryl methyl sites for hydroxylation is 1. The number of benzene rings is 2. The summed E-state index contributed by atoms with van der Waals surface area (Å²) in [7, 11) is -2.03. The first-order chi connectivity index (χ1) is 14.2. The topological polar surface area (TPSA) is 110 Å².